The van der Waals surface area contributed by atoms with Crippen molar-refractivity contribution in [3.63, 3.8) is 0 Å². The fraction of sp³-hybridized carbons (Fsp3) is 0.364. The average Bonchev–Trinajstić information content (AvgIpc) is 2.69. The third-order valence-electron chi connectivity index (χ3n) is 5.27. The Morgan fingerprint density at radius 3 is 2.41 bits per heavy atom. The Labute approximate surface area is 175 Å². The molecule has 2 aromatic rings. The maximum Gasteiger partial charge on any atom is 0.253 e. The number of nitrogens with zero attached hydrogens (tertiary/aromatic N) is 2. The van der Waals surface area contributed by atoms with E-state index in [9.17, 15) is 14.0 Å². The summed E-state index contributed by atoms with van der Waals surface area (Å²) in [5.41, 5.74) is 3.65. The van der Waals surface area contributed by atoms with Gasteiger partial charge in [0.2, 0.25) is 5.91 Å². The lowest BCUT2D eigenvalue weighted by atomic mass is 10.1. The third kappa shape index (κ3) is 5.55. The standard InChI is InChI=1S/C22H25ClFN3O2/c1-15-3-4-17(11-16(15)2)22(29)27-9-7-26(8-10-27)14-21(28)25-13-18-5-6-19(24)12-20(18)23/h3-6,11-12H,7-10,13-14H2,1-2H3,(H,25,28). The van der Waals surface area contributed by atoms with E-state index in [1.165, 1.54) is 17.7 Å². The van der Waals surface area contributed by atoms with E-state index in [0.29, 0.717) is 42.3 Å². The van der Waals surface area contributed by atoms with Crippen LogP contribution in [0.25, 0.3) is 0 Å². The van der Waals surface area contributed by atoms with Gasteiger partial charge in [-0.3, -0.25) is 14.5 Å². The molecule has 0 aromatic heterocycles. The summed E-state index contributed by atoms with van der Waals surface area (Å²) >= 11 is 5.98. The van der Waals surface area contributed by atoms with Crippen LogP contribution in [0.4, 0.5) is 4.39 Å². The predicted octanol–water partition coefficient (Wildman–Crippen LogP) is 3.17. The number of nitrogens with one attached hydrogen (secondary N) is 1. The Balaban J connectivity index is 1.46. The Bertz CT molecular complexity index is 911. The molecule has 1 saturated heterocycles. The predicted molar refractivity (Wildman–Crippen MR) is 112 cm³/mol. The fourth-order valence-electron chi connectivity index (χ4n) is 3.28. The first-order valence-corrected chi connectivity index (χ1v) is 10.0. The summed E-state index contributed by atoms with van der Waals surface area (Å²) in [4.78, 5) is 28.8. The number of carbonyl (C=O) groups excluding carboxylic acids is 2. The molecule has 5 nitrogen and oxygen atoms in total. The molecule has 0 saturated carbocycles. The quantitative estimate of drug-likeness (QED) is 0.813. The van der Waals surface area contributed by atoms with Gasteiger partial charge in [-0.1, -0.05) is 23.7 Å². The second-order valence-corrected chi connectivity index (χ2v) is 7.79. The highest BCUT2D eigenvalue weighted by Crippen LogP contribution is 2.17. The SMILES string of the molecule is Cc1ccc(C(=O)N2CCN(CC(=O)NCc3ccc(F)cc3Cl)CC2)cc1C. The van der Waals surface area contributed by atoms with Crippen LogP contribution in [0, 0.1) is 19.7 Å². The van der Waals surface area contributed by atoms with Crippen LogP contribution in [0.2, 0.25) is 5.02 Å². The Morgan fingerprint density at radius 2 is 1.76 bits per heavy atom. The van der Waals surface area contributed by atoms with E-state index in [-0.39, 0.29) is 24.9 Å². The molecule has 1 aliphatic rings. The van der Waals surface area contributed by atoms with E-state index in [4.69, 9.17) is 11.6 Å². The smallest absolute Gasteiger partial charge is 0.253 e. The van der Waals surface area contributed by atoms with E-state index in [0.717, 1.165) is 5.56 Å². The molecular formula is C22H25ClFN3O2. The van der Waals surface area contributed by atoms with Crippen LogP contribution in [0.3, 0.4) is 0 Å². The average molecular weight is 418 g/mol. The van der Waals surface area contributed by atoms with Gasteiger partial charge in [0.15, 0.2) is 0 Å². The molecule has 1 N–H and O–H groups in total. The minimum absolute atomic E-state index is 0.0307. The number of aryl methyl sites for hydroxylation is 2. The summed E-state index contributed by atoms with van der Waals surface area (Å²) in [5.74, 6) is -0.499. The molecule has 1 fully saturated rings. The molecule has 7 heteroatoms. The topological polar surface area (TPSA) is 52.7 Å². The molecule has 3 rings (SSSR count). The molecule has 1 aliphatic heterocycles. The van der Waals surface area contributed by atoms with Gasteiger partial charge in [0, 0.05) is 43.3 Å². The monoisotopic (exact) mass is 417 g/mol. The number of amides is 2. The molecule has 0 spiro atoms. The molecule has 29 heavy (non-hydrogen) atoms. The summed E-state index contributed by atoms with van der Waals surface area (Å²) in [6.07, 6.45) is 0. The lowest BCUT2D eigenvalue weighted by Gasteiger charge is -2.34. The largest absolute Gasteiger partial charge is 0.351 e. The van der Waals surface area contributed by atoms with E-state index < -0.39 is 5.82 Å². The molecule has 154 valence electrons. The van der Waals surface area contributed by atoms with Crippen LogP contribution in [0.5, 0.6) is 0 Å². The van der Waals surface area contributed by atoms with Crippen molar-refractivity contribution in [2.75, 3.05) is 32.7 Å². The first kappa shape index (κ1) is 21.3. The molecule has 2 amide bonds. The van der Waals surface area contributed by atoms with Crippen LogP contribution in [-0.4, -0.2) is 54.3 Å². The molecule has 0 atom stereocenters. The van der Waals surface area contributed by atoms with Crippen molar-refractivity contribution in [3.05, 3.63) is 69.5 Å². The highest BCUT2D eigenvalue weighted by molar-refractivity contribution is 6.31. The van der Waals surface area contributed by atoms with Gasteiger partial charge in [0.05, 0.1) is 6.54 Å². The maximum atomic E-state index is 13.1. The highest BCUT2D eigenvalue weighted by atomic mass is 35.5. The number of benzene rings is 2. The van der Waals surface area contributed by atoms with Crippen molar-refractivity contribution in [2.24, 2.45) is 0 Å². The van der Waals surface area contributed by atoms with Crippen LogP contribution in [0.1, 0.15) is 27.0 Å². The van der Waals surface area contributed by atoms with E-state index in [1.807, 2.05) is 41.8 Å². The van der Waals surface area contributed by atoms with Crippen molar-refractivity contribution < 1.29 is 14.0 Å². The number of hydrogen-bond donors (Lipinski definition) is 1. The maximum absolute atomic E-state index is 13.1. The van der Waals surface area contributed by atoms with Crippen LogP contribution < -0.4 is 5.32 Å². The summed E-state index contributed by atoms with van der Waals surface area (Å²) in [7, 11) is 0. The molecule has 1 heterocycles. The fourth-order valence-corrected chi connectivity index (χ4v) is 3.52. The first-order chi connectivity index (χ1) is 13.8. The zero-order valence-electron chi connectivity index (χ0n) is 16.7. The van der Waals surface area contributed by atoms with Crippen molar-refractivity contribution in [1.29, 1.82) is 0 Å². The van der Waals surface area contributed by atoms with E-state index in [1.54, 1.807) is 6.07 Å². The van der Waals surface area contributed by atoms with Gasteiger partial charge in [0.25, 0.3) is 5.91 Å². The number of piperazine rings is 1. The van der Waals surface area contributed by atoms with E-state index in [2.05, 4.69) is 5.32 Å². The second kappa shape index (κ2) is 9.37. The van der Waals surface area contributed by atoms with Gasteiger partial charge in [-0.15, -0.1) is 0 Å². The minimum Gasteiger partial charge on any atom is -0.351 e. The number of carbonyl (C=O) groups is 2. The first-order valence-electron chi connectivity index (χ1n) is 9.63. The molecular weight excluding hydrogens is 393 g/mol. The molecule has 0 aliphatic carbocycles. The zero-order valence-corrected chi connectivity index (χ0v) is 17.4. The van der Waals surface area contributed by atoms with Gasteiger partial charge >= 0.3 is 0 Å². The van der Waals surface area contributed by atoms with E-state index >= 15 is 0 Å². The lowest BCUT2D eigenvalue weighted by molar-refractivity contribution is -0.122. The Hall–Kier alpha value is -2.44. The summed E-state index contributed by atoms with van der Waals surface area (Å²) in [6, 6.07) is 9.88. The van der Waals surface area contributed by atoms with Gasteiger partial charge in [-0.25, -0.2) is 4.39 Å². The van der Waals surface area contributed by atoms with Crippen molar-refractivity contribution in [2.45, 2.75) is 20.4 Å². The normalized spacial score (nSPS) is 14.7. The Morgan fingerprint density at radius 1 is 1.03 bits per heavy atom. The third-order valence-corrected chi connectivity index (χ3v) is 5.62. The van der Waals surface area contributed by atoms with Crippen LogP contribution in [0.15, 0.2) is 36.4 Å². The van der Waals surface area contributed by atoms with Crippen LogP contribution >= 0.6 is 11.6 Å². The minimum atomic E-state index is -0.404. The van der Waals surface area contributed by atoms with Crippen LogP contribution in [-0.2, 0) is 11.3 Å². The van der Waals surface area contributed by atoms with Gasteiger partial charge in [-0.05, 0) is 54.8 Å². The van der Waals surface area contributed by atoms with Crippen molar-refractivity contribution in [1.82, 2.24) is 15.1 Å². The highest BCUT2D eigenvalue weighted by Gasteiger charge is 2.23. The Kier molecular flexibility index (Phi) is 6.87. The summed E-state index contributed by atoms with van der Waals surface area (Å²) < 4.78 is 13.1. The zero-order chi connectivity index (χ0) is 21.0. The van der Waals surface area contributed by atoms with Gasteiger partial charge in [0.1, 0.15) is 5.82 Å². The molecule has 0 radical (unpaired) electrons. The number of rotatable bonds is 5. The van der Waals surface area contributed by atoms with Gasteiger partial charge in [-0.2, -0.15) is 0 Å². The van der Waals surface area contributed by atoms with Crippen molar-refractivity contribution in [3.8, 4) is 0 Å². The lowest BCUT2D eigenvalue weighted by Crippen LogP contribution is -2.51. The van der Waals surface area contributed by atoms with Crippen molar-refractivity contribution >= 4 is 23.4 Å². The molecule has 0 bridgehead atoms. The second-order valence-electron chi connectivity index (χ2n) is 7.38. The summed E-state index contributed by atoms with van der Waals surface area (Å²) in [6.45, 7) is 6.99. The molecule has 2 aromatic carbocycles. The number of halogens is 2. The van der Waals surface area contributed by atoms with Gasteiger partial charge < -0.3 is 10.2 Å². The number of hydrogen-bond acceptors (Lipinski definition) is 3. The molecule has 0 unspecified atom stereocenters. The summed E-state index contributed by atoms with van der Waals surface area (Å²) in [5, 5.41) is 3.10.